The summed E-state index contributed by atoms with van der Waals surface area (Å²) in [6, 6.07) is 20.8. The number of aryl methyl sites for hydroxylation is 1. The summed E-state index contributed by atoms with van der Waals surface area (Å²) in [6.45, 7) is 2.67. The second kappa shape index (κ2) is 10.1. The van der Waals surface area contributed by atoms with Crippen LogP contribution in [0.4, 0.5) is 4.79 Å². The number of nitrogens with zero attached hydrogens (tertiary/aromatic N) is 1. The van der Waals surface area contributed by atoms with Gasteiger partial charge in [0.1, 0.15) is 12.3 Å². The molecule has 0 bridgehead atoms. The van der Waals surface area contributed by atoms with Gasteiger partial charge in [-0.15, -0.1) is 0 Å². The SMILES string of the molecule is COc1cc(/C=C2/NC(=O)N(Cc3ccccc3)C2=O)cc(I)c1OCc1ccc(C)cc1. The van der Waals surface area contributed by atoms with Crippen LogP contribution in [0.5, 0.6) is 11.5 Å². The van der Waals surface area contributed by atoms with Gasteiger partial charge in [-0.1, -0.05) is 60.2 Å². The minimum atomic E-state index is -0.435. The van der Waals surface area contributed by atoms with E-state index in [1.54, 1.807) is 19.3 Å². The lowest BCUT2D eigenvalue weighted by atomic mass is 10.1. The van der Waals surface area contributed by atoms with E-state index in [1.807, 2.05) is 67.6 Å². The Morgan fingerprint density at radius 2 is 1.73 bits per heavy atom. The average Bonchev–Trinajstić information content (AvgIpc) is 3.07. The topological polar surface area (TPSA) is 67.9 Å². The third-order valence-electron chi connectivity index (χ3n) is 5.21. The van der Waals surface area contributed by atoms with Gasteiger partial charge in [-0.2, -0.15) is 0 Å². The van der Waals surface area contributed by atoms with E-state index in [0.29, 0.717) is 18.1 Å². The number of carbonyl (C=O) groups excluding carboxylic acids is 2. The number of hydrogen-bond donors (Lipinski definition) is 1. The lowest BCUT2D eigenvalue weighted by Crippen LogP contribution is -2.30. The van der Waals surface area contributed by atoms with Crippen LogP contribution in [-0.2, 0) is 17.9 Å². The molecule has 0 radical (unpaired) electrons. The fourth-order valence-corrected chi connectivity index (χ4v) is 4.23. The van der Waals surface area contributed by atoms with Crippen LogP contribution < -0.4 is 14.8 Å². The highest BCUT2D eigenvalue weighted by Gasteiger charge is 2.33. The molecule has 3 aromatic carbocycles. The van der Waals surface area contributed by atoms with Gasteiger partial charge in [0.15, 0.2) is 11.5 Å². The maximum atomic E-state index is 12.8. The van der Waals surface area contributed by atoms with Crippen LogP contribution in [0.1, 0.15) is 22.3 Å². The molecule has 0 saturated carbocycles. The van der Waals surface area contributed by atoms with Crippen LogP contribution in [-0.4, -0.2) is 23.9 Å². The number of imide groups is 1. The molecular formula is C26H23IN2O4. The first-order valence-electron chi connectivity index (χ1n) is 10.4. The molecule has 1 saturated heterocycles. The van der Waals surface area contributed by atoms with Crippen molar-refractivity contribution >= 4 is 40.6 Å². The van der Waals surface area contributed by atoms with Crippen molar-refractivity contribution < 1.29 is 19.1 Å². The Bertz CT molecular complexity index is 1210. The molecule has 168 valence electrons. The van der Waals surface area contributed by atoms with Crippen molar-refractivity contribution in [3.8, 4) is 11.5 Å². The van der Waals surface area contributed by atoms with E-state index in [9.17, 15) is 9.59 Å². The summed E-state index contributed by atoms with van der Waals surface area (Å²) in [5.41, 5.74) is 4.08. The van der Waals surface area contributed by atoms with Gasteiger partial charge in [0.05, 0.1) is 17.2 Å². The Labute approximate surface area is 206 Å². The van der Waals surface area contributed by atoms with Gasteiger partial charge in [-0.3, -0.25) is 9.69 Å². The summed E-state index contributed by atoms with van der Waals surface area (Å²) >= 11 is 2.18. The predicted octanol–water partition coefficient (Wildman–Crippen LogP) is 5.28. The van der Waals surface area contributed by atoms with Crippen molar-refractivity contribution in [1.82, 2.24) is 10.2 Å². The second-order valence-corrected chi connectivity index (χ2v) is 8.84. The number of hydrogen-bond acceptors (Lipinski definition) is 4. The zero-order chi connectivity index (χ0) is 23.4. The van der Waals surface area contributed by atoms with Crippen LogP contribution in [0, 0.1) is 10.5 Å². The minimum Gasteiger partial charge on any atom is -0.493 e. The number of amides is 3. The van der Waals surface area contributed by atoms with E-state index >= 15 is 0 Å². The third-order valence-corrected chi connectivity index (χ3v) is 6.01. The molecule has 0 spiro atoms. The summed E-state index contributed by atoms with van der Waals surface area (Å²) in [5, 5.41) is 2.67. The summed E-state index contributed by atoms with van der Waals surface area (Å²) in [4.78, 5) is 26.4. The number of ether oxygens (including phenoxy) is 2. The number of methoxy groups -OCH3 is 1. The minimum absolute atomic E-state index is 0.218. The Morgan fingerprint density at radius 1 is 1.00 bits per heavy atom. The summed E-state index contributed by atoms with van der Waals surface area (Å²) < 4.78 is 12.4. The zero-order valence-corrected chi connectivity index (χ0v) is 20.5. The van der Waals surface area contributed by atoms with Crippen LogP contribution in [0.3, 0.4) is 0 Å². The maximum Gasteiger partial charge on any atom is 0.329 e. The molecular weight excluding hydrogens is 531 g/mol. The van der Waals surface area contributed by atoms with E-state index in [4.69, 9.17) is 9.47 Å². The van der Waals surface area contributed by atoms with Crippen LogP contribution in [0.2, 0.25) is 0 Å². The van der Waals surface area contributed by atoms with E-state index in [2.05, 4.69) is 27.9 Å². The van der Waals surface area contributed by atoms with Crippen molar-refractivity contribution in [3.05, 3.63) is 98.3 Å². The highest BCUT2D eigenvalue weighted by Crippen LogP contribution is 2.35. The standard InChI is InChI=1S/C26H23IN2O4/c1-17-8-10-19(11-9-17)16-33-24-21(27)12-20(14-23(24)32-2)13-22-25(30)29(26(31)28-22)15-18-6-4-3-5-7-18/h3-14H,15-16H2,1-2H3,(H,28,31)/b22-13+. The Hall–Kier alpha value is -3.33. The number of carbonyl (C=O) groups is 2. The van der Waals surface area contributed by atoms with Crippen molar-refractivity contribution in [2.24, 2.45) is 0 Å². The van der Waals surface area contributed by atoms with Gasteiger partial charge >= 0.3 is 6.03 Å². The molecule has 1 heterocycles. The molecule has 1 aliphatic heterocycles. The van der Waals surface area contributed by atoms with Gasteiger partial charge in [-0.25, -0.2) is 4.79 Å². The molecule has 0 unspecified atom stereocenters. The second-order valence-electron chi connectivity index (χ2n) is 7.67. The number of rotatable bonds is 7. The lowest BCUT2D eigenvalue weighted by molar-refractivity contribution is -0.123. The van der Waals surface area contributed by atoms with Crippen molar-refractivity contribution in [2.45, 2.75) is 20.1 Å². The van der Waals surface area contributed by atoms with Crippen LogP contribution in [0.25, 0.3) is 6.08 Å². The first-order chi connectivity index (χ1) is 15.9. The number of nitrogens with one attached hydrogen (secondary N) is 1. The average molecular weight is 554 g/mol. The van der Waals surface area contributed by atoms with E-state index in [0.717, 1.165) is 20.3 Å². The molecule has 0 aliphatic carbocycles. The molecule has 1 aliphatic rings. The first kappa shape index (κ1) is 22.8. The molecule has 0 atom stereocenters. The van der Waals surface area contributed by atoms with Crippen LogP contribution in [0.15, 0.2) is 72.4 Å². The highest BCUT2D eigenvalue weighted by atomic mass is 127. The lowest BCUT2D eigenvalue weighted by Gasteiger charge is -2.14. The molecule has 3 aromatic rings. The van der Waals surface area contributed by atoms with E-state index in [-0.39, 0.29) is 18.1 Å². The monoisotopic (exact) mass is 554 g/mol. The highest BCUT2D eigenvalue weighted by molar-refractivity contribution is 14.1. The molecule has 0 aromatic heterocycles. The molecule has 7 heteroatoms. The van der Waals surface area contributed by atoms with Gasteiger partial charge in [0.2, 0.25) is 0 Å². The van der Waals surface area contributed by atoms with Crippen molar-refractivity contribution in [2.75, 3.05) is 7.11 Å². The smallest absolute Gasteiger partial charge is 0.329 e. The third kappa shape index (κ3) is 5.36. The van der Waals surface area contributed by atoms with Gasteiger partial charge in [-0.05, 0) is 64.4 Å². The maximum absolute atomic E-state index is 12.8. The summed E-state index contributed by atoms with van der Waals surface area (Å²) in [7, 11) is 1.57. The molecule has 3 amide bonds. The van der Waals surface area contributed by atoms with E-state index in [1.165, 1.54) is 10.5 Å². The van der Waals surface area contributed by atoms with Crippen molar-refractivity contribution in [3.63, 3.8) is 0 Å². The fraction of sp³-hybridized carbons (Fsp3) is 0.154. The van der Waals surface area contributed by atoms with Crippen LogP contribution >= 0.6 is 22.6 Å². The first-order valence-corrected chi connectivity index (χ1v) is 11.5. The normalized spacial score (nSPS) is 14.5. The molecule has 33 heavy (non-hydrogen) atoms. The van der Waals surface area contributed by atoms with Crippen molar-refractivity contribution in [1.29, 1.82) is 0 Å². The molecule has 1 N–H and O–H groups in total. The Kier molecular flexibility index (Phi) is 6.98. The largest absolute Gasteiger partial charge is 0.493 e. The van der Waals surface area contributed by atoms with Gasteiger partial charge < -0.3 is 14.8 Å². The van der Waals surface area contributed by atoms with Gasteiger partial charge in [0, 0.05) is 0 Å². The van der Waals surface area contributed by atoms with E-state index < -0.39 is 6.03 Å². The molecule has 1 fully saturated rings. The fourth-order valence-electron chi connectivity index (χ4n) is 3.45. The number of urea groups is 1. The zero-order valence-electron chi connectivity index (χ0n) is 18.3. The Morgan fingerprint density at radius 3 is 2.42 bits per heavy atom. The number of benzene rings is 3. The quantitative estimate of drug-likeness (QED) is 0.245. The predicted molar refractivity (Wildman–Crippen MR) is 135 cm³/mol. The molecule has 6 nitrogen and oxygen atoms in total. The van der Waals surface area contributed by atoms with Gasteiger partial charge in [0.25, 0.3) is 5.91 Å². The Balaban J connectivity index is 1.53. The summed E-state index contributed by atoms with van der Waals surface area (Å²) in [5.74, 6) is 0.824. The molecule has 4 rings (SSSR count). The number of halogens is 1. The summed E-state index contributed by atoms with van der Waals surface area (Å²) in [6.07, 6.45) is 1.65.